The van der Waals surface area contributed by atoms with Crippen LogP contribution >= 0.6 is 0 Å². The van der Waals surface area contributed by atoms with Gasteiger partial charge in [-0.25, -0.2) is 4.39 Å². The van der Waals surface area contributed by atoms with Gasteiger partial charge < -0.3 is 15.2 Å². The quantitative estimate of drug-likeness (QED) is 0.713. The number of ether oxygens (including phenoxy) is 1. The summed E-state index contributed by atoms with van der Waals surface area (Å²) in [6.45, 7) is 6.78. The van der Waals surface area contributed by atoms with Gasteiger partial charge in [0.2, 0.25) is 0 Å². The molecule has 1 aromatic carbocycles. The van der Waals surface area contributed by atoms with Crippen LogP contribution in [0.15, 0.2) is 24.3 Å². The number of halogens is 1. The van der Waals surface area contributed by atoms with Gasteiger partial charge in [0.15, 0.2) is 0 Å². The van der Waals surface area contributed by atoms with E-state index in [0.717, 1.165) is 12.8 Å². The van der Waals surface area contributed by atoms with Crippen molar-refractivity contribution in [3.05, 3.63) is 30.1 Å². The predicted octanol–water partition coefficient (Wildman–Crippen LogP) is 2.73. The molecule has 1 aromatic rings. The fourth-order valence-electron chi connectivity index (χ4n) is 2.08. The molecule has 0 heterocycles. The van der Waals surface area contributed by atoms with Gasteiger partial charge in [-0.3, -0.25) is 0 Å². The van der Waals surface area contributed by atoms with Gasteiger partial charge in [-0.2, -0.15) is 0 Å². The van der Waals surface area contributed by atoms with Crippen LogP contribution in [0.2, 0.25) is 0 Å². The van der Waals surface area contributed by atoms with Gasteiger partial charge in [0.05, 0.1) is 13.2 Å². The van der Waals surface area contributed by atoms with Crippen LogP contribution in [0.5, 0.6) is 5.75 Å². The van der Waals surface area contributed by atoms with E-state index in [1.54, 1.807) is 12.1 Å². The minimum absolute atomic E-state index is 0.0989. The van der Waals surface area contributed by atoms with Gasteiger partial charge in [0.1, 0.15) is 11.6 Å². The summed E-state index contributed by atoms with van der Waals surface area (Å²) >= 11 is 0. The molecule has 0 amide bonds. The molecule has 108 valence electrons. The van der Waals surface area contributed by atoms with Crippen molar-refractivity contribution in [3.63, 3.8) is 0 Å². The first-order valence-corrected chi connectivity index (χ1v) is 6.72. The first-order valence-electron chi connectivity index (χ1n) is 6.72. The van der Waals surface area contributed by atoms with E-state index in [2.05, 4.69) is 19.2 Å². The molecule has 2 N–H and O–H groups in total. The number of hydrogen-bond acceptors (Lipinski definition) is 3. The Kier molecular flexibility index (Phi) is 6.25. The summed E-state index contributed by atoms with van der Waals surface area (Å²) < 4.78 is 18.2. The predicted molar refractivity (Wildman–Crippen MR) is 74.9 cm³/mol. The lowest BCUT2D eigenvalue weighted by Gasteiger charge is -2.31. The van der Waals surface area contributed by atoms with Crippen LogP contribution in [0.3, 0.4) is 0 Å². The molecular weight excluding hydrogens is 245 g/mol. The highest BCUT2D eigenvalue weighted by Crippen LogP contribution is 2.15. The number of rotatable bonds is 8. The highest BCUT2D eigenvalue weighted by Gasteiger charge is 2.23. The second-order valence-electron chi connectivity index (χ2n) is 5.42. The highest BCUT2D eigenvalue weighted by molar-refractivity contribution is 5.21. The number of hydrogen-bond donors (Lipinski definition) is 2. The Morgan fingerprint density at radius 2 is 1.95 bits per heavy atom. The second kappa shape index (κ2) is 7.46. The van der Waals surface area contributed by atoms with Gasteiger partial charge in [0.25, 0.3) is 0 Å². The molecule has 0 radical (unpaired) electrons. The molecule has 0 aromatic heterocycles. The van der Waals surface area contributed by atoms with Gasteiger partial charge in [0, 0.05) is 11.6 Å². The van der Waals surface area contributed by atoms with E-state index in [1.807, 2.05) is 6.92 Å². The van der Waals surface area contributed by atoms with Crippen molar-refractivity contribution in [2.45, 2.75) is 45.2 Å². The summed E-state index contributed by atoms with van der Waals surface area (Å²) in [6, 6.07) is 6.33. The van der Waals surface area contributed by atoms with Crippen molar-refractivity contribution in [1.29, 1.82) is 0 Å². The van der Waals surface area contributed by atoms with E-state index >= 15 is 0 Å². The number of aliphatic hydroxyl groups is 1. The van der Waals surface area contributed by atoms with E-state index in [4.69, 9.17) is 4.74 Å². The molecule has 0 fully saturated rings. The number of nitrogens with one attached hydrogen (secondary N) is 1. The van der Waals surface area contributed by atoms with Crippen LogP contribution in [-0.2, 0) is 0 Å². The van der Waals surface area contributed by atoms with Crippen LogP contribution in [0.25, 0.3) is 0 Å². The van der Waals surface area contributed by atoms with Crippen molar-refractivity contribution in [2.75, 3.05) is 13.2 Å². The van der Waals surface area contributed by atoms with Gasteiger partial charge in [-0.05, 0) is 44.0 Å². The van der Waals surface area contributed by atoms with E-state index in [0.29, 0.717) is 18.4 Å². The molecule has 0 aliphatic carbocycles. The monoisotopic (exact) mass is 269 g/mol. The van der Waals surface area contributed by atoms with Crippen molar-refractivity contribution >= 4 is 0 Å². The van der Waals surface area contributed by atoms with E-state index in [-0.39, 0.29) is 18.0 Å². The minimum atomic E-state index is -0.277. The lowest BCUT2D eigenvalue weighted by atomic mass is 9.96. The standard InChI is InChI=1S/C15H24FNO2/c1-12(2)17-15(3,11-18)9-4-10-19-14-7-5-13(16)6-8-14/h5-8,12,17-18H,4,9-11H2,1-3H3. The number of aliphatic hydroxyl groups excluding tert-OH is 1. The molecule has 0 saturated carbocycles. The van der Waals surface area contributed by atoms with Crippen LogP contribution in [0.1, 0.15) is 33.6 Å². The smallest absolute Gasteiger partial charge is 0.123 e. The molecule has 3 nitrogen and oxygen atoms in total. The van der Waals surface area contributed by atoms with E-state index in [1.165, 1.54) is 12.1 Å². The van der Waals surface area contributed by atoms with Gasteiger partial charge in [-0.15, -0.1) is 0 Å². The fraction of sp³-hybridized carbons (Fsp3) is 0.600. The third-order valence-corrected chi connectivity index (χ3v) is 2.94. The van der Waals surface area contributed by atoms with Gasteiger partial charge >= 0.3 is 0 Å². The topological polar surface area (TPSA) is 41.5 Å². The van der Waals surface area contributed by atoms with Crippen LogP contribution in [0, 0.1) is 5.82 Å². The van der Waals surface area contributed by atoms with E-state index < -0.39 is 0 Å². The lowest BCUT2D eigenvalue weighted by molar-refractivity contribution is 0.147. The molecule has 0 saturated heterocycles. The summed E-state index contributed by atoms with van der Waals surface area (Å²) in [5.74, 6) is 0.408. The Morgan fingerprint density at radius 3 is 2.47 bits per heavy atom. The molecular formula is C15H24FNO2. The fourth-order valence-corrected chi connectivity index (χ4v) is 2.08. The third-order valence-electron chi connectivity index (χ3n) is 2.94. The van der Waals surface area contributed by atoms with Gasteiger partial charge in [-0.1, -0.05) is 13.8 Å². The third kappa shape index (κ3) is 6.03. The Hall–Kier alpha value is -1.13. The summed E-state index contributed by atoms with van der Waals surface area (Å²) in [5, 5.41) is 12.8. The van der Waals surface area contributed by atoms with Crippen LogP contribution < -0.4 is 10.1 Å². The molecule has 19 heavy (non-hydrogen) atoms. The second-order valence-corrected chi connectivity index (χ2v) is 5.42. The zero-order valence-electron chi connectivity index (χ0n) is 11.9. The maximum absolute atomic E-state index is 12.7. The lowest BCUT2D eigenvalue weighted by Crippen LogP contribution is -2.49. The number of benzene rings is 1. The first kappa shape index (κ1) is 15.9. The molecule has 1 rings (SSSR count). The zero-order chi connectivity index (χ0) is 14.3. The Labute approximate surface area is 114 Å². The molecule has 1 atom stereocenters. The van der Waals surface area contributed by atoms with Crippen molar-refractivity contribution in [1.82, 2.24) is 5.32 Å². The largest absolute Gasteiger partial charge is 0.494 e. The highest BCUT2D eigenvalue weighted by atomic mass is 19.1. The molecule has 0 bridgehead atoms. The molecule has 0 spiro atoms. The van der Waals surface area contributed by atoms with Crippen molar-refractivity contribution < 1.29 is 14.2 Å². The van der Waals surface area contributed by atoms with E-state index in [9.17, 15) is 9.50 Å². The molecule has 4 heteroatoms. The van der Waals surface area contributed by atoms with Crippen molar-refractivity contribution in [2.24, 2.45) is 0 Å². The SMILES string of the molecule is CC(C)NC(C)(CO)CCCOc1ccc(F)cc1. The van der Waals surface area contributed by atoms with Crippen molar-refractivity contribution in [3.8, 4) is 5.75 Å². The molecule has 0 aliphatic rings. The average Bonchev–Trinajstić information content (AvgIpc) is 2.36. The minimum Gasteiger partial charge on any atom is -0.494 e. The summed E-state index contributed by atoms with van der Waals surface area (Å²) in [4.78, 5) is 0. The maximum atomic E-state index is 12.7. The first-order chi connectivity index (χ1) is 8.95. The molecule has 1 unspecified atom stereocenters. The van der Waals surface area contributed by atoms with Crippen LogP contribution in [0.4, 0.5) is 4.39 Å². The Balaban J connectivity index is 2.31. The Morgan fingerprint density at radius 1 is 1.32 bits per heavy atom. The summed E-state index contributed by atoms with van der Waals surface area (Å²) in [5.41, 5.74) is -0.277. The summed E-state index contributed by atoms with van der Waals surface area (Å²) in [7, 11) is 0. The zero-order valence-corrected chi connectivity index (χ0v) is 11.9. The normalized spacial score (nSPS) is 14.4. The maximum Gasteiger partial charge on any atom is 0.123 e. The van der Waals surface area contributed by atoms with Crippen LogP contribution in [-0.4, -0.2) is 29.9 Å². The average molecular weight is 269 g/mol. The summed E-state index contributed by atoms with van der Waals surface area (Å²) in [6.07, 6.45) is 1.65. The Bertz CT molecular complexity index is 367. The molecule has 0 aliphatic heterocycles.